The van der Waals surface area contributed by atoms with Gasteiger partial charge in [0.25, 0.3) is 11.8 Å². The number of aromatic carboxylic acids is 1. The molecule has 1 atom stereocenters. The molecule has 20 heteroatoms. The lowest BCUT2D eigenvalue weighted by Crippen LogP contribution is -2.42. The Morgan fingerprint density at radius 3 is 2.32 bits per heavy atom. The Labute approximate surface area is 442 Å². The summed E-state index contributed by atoms with van der Waals surface area (Å²) in [7, 11) is 0. The SMILES string of the molecule is O=C(O)COc1ccc2[nH]cc(C[C@H](NC(=O)c3ccc4c(c3)nc(-c3ccc(C(=O)NCCNC(=S)Nc5ccc(-c6c7ccc(=O)cc-7oc7cc(O)ccc67)cc5C(=O)O)cc3)n4C3CCCCC3)C(=O)O)c2c1. The molecular formula is C57H49N7O12S. The van der Waals surface area contributed by atoms with Crippen LogP contribution in [0.1, 0.15) is 74.8 Å². The number of aromatic nitrogens is 3. The summed E-state index contributed by atoms with van der Waals surface area (Å²) in [5.74, 6) is -3.34. The van der Waals surface area contributed by atoms with Crippen molar-refractivity contribution >= 4 is 85.6 Å². The Morgan fingerprint density at radius 1 is 0.792 bits per heavy atom. The number of thiocarbonyl (C=S) groups is 1. The fourth-order valence-corrected chi connectivity index (χ4v) is 10.1. The summed E-state index contributed by atoms with van der Waals surface area (Å²) in [6, 6.07) is 29.7. The molecule has 77 heavy (non-hydrogen) atoms. The van der Waals surface area contributed by atoms with Crippen LogP contribution in [-0.4, -0.2) is 95.5 Å². The van der Waals surface area contributed by atoms with Crippen LogP contribution in [0.4, 0.5) is 5.69 Å². The van der Waals surface area contributed by atoms with Crippen molar-refractivity contribution in [1.82, 2.24) is 30.5 Å². The molecule has 1 saturated carbocycles. The van der Waals surface area contributed by atoms with Gasteiger partial charge in [0, 0.05) is 88.0 Å². The molecule has 0 radical (unpaired) electrons. The van der Waals surface area contributed by atoms with Gasteiger partial charge in [-0.2, -0.15) is 0 Å². The second kappa shape index (κ2) is 21.7. The molecule has 3 heterocycles. The first kappa shape index (κ1) is 50.9. The van der Waals surface area contributed by atoms with Crippen molar-refractivity contribution in [2.24, 2.45) is 0 Å². The van der Waals surface area contributed by atoms with Crippen molar-refractivity contribution in [3.63, 3.8) is 0 Å². The Morgan fingerprint density at radius 2 is 1.56 bits per heavy atom. The number of phenols is 1. The van der Waals surface area contributed by atoms with Crippen molar-refractivity contribution in [2.45, 2.75) is 50.6 Å². The van der Waals surface area contributed by atoms with Gasteiger partial charge in [-0.25, -0.2) is 19.4 Å². The molecule has 0 spiro atoms. The molecular weight excluding hydrogens is 1010 g/mol. The average Bonchev–Trinajstić information content (AvgIpc) is 4.04. The Kier molecular flexibility index (Phi) is 14.4. The van der Waals surface area contributed by atoms with Gasteiger partial charge in [-0.3, -0.25) is 14.4 Å². The maximum Gasteiger partial charge on any atom is 0.341 e. The number of carbonyl (C=O) groups excluding carboxylic acids is 2. The molecule has 0 bridgehead atoms. The predicted octanol–water partition coefficient (Wildman–Crippen LogP) is 8.58. The molecule has 10 rings (SSSR count). The van der Waals surface area contributed by atoms with Crippen LogP contribution in [-0.2, 0) is 16.0 Å². The van der Waals surface area contributed by atoms with Gasteiger partial charge in [0.1, 0.15) is 34.7 Å². The lowest BCUT2D eigenvalue weighted by Gasteiger charge is -2.25. The number of nitrogens with zero attached hydrogens (tertiary/aromatic N) is 2. The number of rotatable bonds is 17. The monoisotopic (exact) mass is 1060 g/mol. The summed E-state index contributed by atoms with van der Waals surface area (Å²) in [5.41, 5.74) is 5.87. The van der Waals surface area contributed by atoms with Crippen LogP contribution >= 0.6 is 12.2 Å². The number of carboxylic acids is 3. The fraction of sp³-hybridized carbons (Fsp3) is 0.193. The number of benzene rings is 6. The van der Waals surface area contributed by atoms with Gasteiger partial charge in [-0.15, -0.1) is 0 Å². The smallest absolute Gasteiger partial charge is 0.341 e. The number of carboxylic acid groups (broad SMARTS) is 3. The van der Waals surface area contributed by atoms with Crippen LogP contribution in [0.5, 0.6) is 11.5 Å². The summed E-state index contributed by atoms with van der Waals surface area (Å²) >= 11 is 5.51. The van der Waals surface area contributed by atoms with Crippen molar-refractivity contribution in [3.8, 4) is 45.3 Å². The molecule has 3 aliphatic rings. The van der Waals surface area contributed by atoms with E-state index < -0.39 is 36.5 Å². The van der Waals surface area contributed by atoms with E-state index in [9.17, 15) is 44.1 Å². The van der Waals surface area contributed by atoms with Crippen LogP contribution in [0.25, 0.3) is 66.7 Å². The quantitative estimate of drug-likeness (QED) is 0.0234. The lowest BCUT2D eigenvalue weighted by atomic mass is 9.92. The molecule has 19 nitrogen and oxygen atoms in total. The van der Waals surface area contributed by atoms with Crippen molar-refractivity contribution < 1.29 is 53.6 Å². The maximum absolute atomic E-state index is 13.7. The van der Waals surface area contributed by atoms with E-state index in [4.69, 9.17) is 31.5 Å². The van der Waals surface area contributed by atoms with E-state index in [0.717, 1.165) is 43.2 Å². The number of anilines is 1. The zero-order valence-electron chi connectivity index (χ0n) is 40.9. The zero-order chi connectivity index (χ0) is 53.9. The van der Waals surface area contributed by atoms with E-state index in [-0.39, 0.29) is 70.3 Å². The number of imidazole rings is 1. The highest BCUT2D eigenvalue weighted by Gasteiger charge is 2.27. The molecule has 2 aliphatic carbocycles. The Hall–Kier alpha value is -9.56. The van der Waals surface area contributed by atoms with Gasteiger partial charge in [0.05, 0.1) is 22.3 Å². The third kappa shape index (κ3) is 11.0. The number of H-pyrrole nitrogens is 1. The van der Waals surface area contributed by atoms with Crippen LogP contribution < -0.4 is 31.4 Å². The standard InChI is InChI=1S/C57H49N7O12S/c65-36-12-15-39-48(25-36)76-49-26-37(66)13-16-40(49)51(39)32-10-17-44(42(22-32)55(71)72)63-57(77)59-21-20-58-53(69)31-8-6-30(7-9-31)52-61-45-23-33(11-19-47(45)64(52)35-4-2-1-3-5-35)54(70)62-46(56(73)74)24-34-28-60-43-18-14-38(27-41(34)43)75-29-50(67)68/h6-19,22-23,25-28,35,46,60,65H,1-5,20-21,24,29H2,(H,58,69)(H,62,70)(H,67,68)(H,71,72)(H,73,74)(H2,59,63,77)/t46-/m0/s1. The summed E-state index contributed by atoms with van der Waals surface area (Å²) in [6.07, 6.45) is 6.65. The van der Waals surface area contributed by atoms with Gasteiger partial charge in [-0.05, 0) is 121 Å². The minimum absolute atomic E-state index is 0.0396. The minimum Gasteiger partial charge on any atom is -0.508 e. The van der Waals surface area contributed by atoms with E-state index in [1.165, 1.54) is 30.3 Å². The molecule has 1 fully saturated rings. The number of phenolic OH excluding ortho intramolecular Hbond substituents is 1. The van der Waals surface area contributed by atoms with Gasteiger partial charge in [-0.1, -0.05) is 37.5 Å². The van der Waals surface area contributed by atoms with Crippen LogP contribution in [0.15, 0.2) is 131 Å². The third-order valence-corrected chi connectivity index (χ3v) is 13.8. The number of aromatic amines is 1. The molecule has 9 N–H and O–H groups in total. The molecule has 2 amide bonds. The number of hydrogen-bond acceptors (Lipinski definition) is 11. The lowest BCUT2D eigenvalue weighted by molar-refractivity contribution is -0.140. The van der Waals surface area contributed by atoms with E-state index in [2.05, 4.69) is 30.8 Å². The highest BCUT2D eigenvalue weighted by Crippen LogP contribution is 2.42. The van der Waals surface area contributed by atoms with E-state index in [1.807, 2.05) is 18.2 Å². The number of nitrogens with one attached hydrogen (secondary N) is 5. The topological polar surface area (TPSA) is 287 Å². The maximum atomic E-state index is 13.7. The van der Waals surface area contributed by atoms with E-state index >= 15 is 0 Å². The van der Waals surface area contributed by atoms with E-state index in [0.29, 0.717) is 66.8 Å². The number of fused-ring (bicyclic) bond motifs is 4. The molecule has 7 aromatic rings. The first-order chi connectivity index (χ1) is 37.2. The first-order valence-electron chi connectivity index (χ1n) is 24.7. The summed E-state index contributed by atoms with van der Waals surface area (Å²) in [6.45, 7) is -0.164. The van der Waals surface area contributed by atoms with Gasteiger partial charge in [0.15, 0.2) is 17.1 Å². The number of aromatic hydroxyl groups is 1. The van der Waals surface area contributed by atoms with Crippen molar-refractivity contribution in [2.75, 3.05) is 25.0 Å². The first-order valence-corrected chi connectivity index (χ1v) is 25.1. The number of hydrogen-bond donors (Lipinski definition) is 9. The molecule has 2 aromatic heterocycles. The summed E-state index contributed by atoms with van der Waals surface area (Å²) in [5, 5.41) is 52.5. The number of aliphatic carboxylic acids is 2. The normalized spacial score (nSPS) is 13.1. The number of ether oxygens (including phenoxy) is 1. The summed E-state index contributed by atoms with van der Waals surface area (Å²) in [4.78, 5) is 83.6. The van der Waals surface area contributed by atoms with Gasteiger partial charge < -0.3 is 60.4 Å². The molecule has 1 aliphatic heterocycles. The molecule has 0 unspecified atom stereocenters. The minimum atomic E-state index is -1.31. The largest absolute Gasteiger partial charge is 0.508 e. The second-order valence-electron chi connectivity index (χ2n) is 18.7. The van der Waals surface area contributed by atoms with Gasteiger partial charge in [0.2, 0.25) is 0 Å². The van der Waals surface area contributed by atoms with Crippen LogP contribution in [0.2, 0.25) is 0 Å². The highest BCUT2D eigenvalue weighted by molar-refractivity contribution is 7.80. The van der Waals surface area contributed by atoms with Crippen molar-refractivity contribution in [1.29, 1.82) is 0 Å². The molecule has 390 valence electrons. The average molecular weight is 1060 g/mol. The molecule has 0 saturated heterocycles. The molecule has 5 aromatic carbocycles. The van der Waals surface area contributed by atoms with E-state index in [1.54, 1.807) is 72.9 Å². The number of carbonyl (C=O) groups is 5. The fourth-order valence-electron chi connectivity index (χ4n) is 9.92. The Bertz CT molecular complexity index is 3840. The summed E-state index contributed by atoms with van der Waals surface area (Å²) < 4.78 is 13.4. The Balaban J connectivity index is 0.790. The highest BCUT2D eigenvalue weighted by atomic mass is 32.1. The second-order valence-corrected chi connectivity index (χ2v) is 19.1. The zero-order valence-corrected chi connectivity index (χ0v) is 41.7. The predicted molar refractivity (Wildman–Crippen MR) is 291 cm³/mol. The van der Waals surface area contributed by atoms with Crippen molar-refractivity contribution in [3.05, 3.63) is 154 Å². The van der Waals surface area contributed by atoms with Gasteiger partial charge >= 0.3 is 17.9 Å². The third-order valence-electron chi connectivity index (χ3n) is 13.6. The number of amides is 2. The van der Waals surface area contributed by atoms with Crippen LogP contribution in [0, 0.1) is 0 Å². The van der Waals surface area contributed by atoms with Crippen LogP contribution in [0.3, 0.4) is 0 Å².